The summed E-state index contributed by atoms with van der Waals surface area (Å²) < 4.78 is 42.3. The Labute approximate surface area is 189 Å². The fourth-order valence-corrected chi connectivity index (χ4v) is 4.07. The Hall–Kier alpha value is -3.73. The Balaban J connectivity index is 1.60. The average Bonchev–Trinajstić information content (AvgIpc) is 3.13. The van der Waals surface area contributed by atoms with Crippen LogP contribution < -0.4 is 15.6 Å². The van der Waals surface area contributed by atoms with Crippen LogP contribution in [0.4, 0.5) is 18.9 Å². The molecule has 1 amide bonds. The second kappa shape index (κ2) is 8.66. The maximum Gasteiger partial charge on any atom is 0.573 e. The Bertz CT molecular complexity index is 1380. The first-order chi connectivity index (χ1) is 15.6. The topological polar surface area (TPSA) is 86.1 Å². The highest BCUT2D eigenvalue weighted by atomic mass is 32.1. The number of fused-ring (bicyclic) bond motifs is 1. The lowest BCUT2D eigenvalue weighted by Gasteiger charge is -2.11. The minimum Gasteiger partial charge on any atom is -0.406 e. The molecule has 0 radical (unpaired) electrons. The number of ether oxygens (including phenoxy) is 1. The van der Waals surface area contributed by atoms with E-state index < -0.39 is 30.1 Å². The monoisotopic (exact) mass is 474 g/mol. The van der Waals surface area contributed by atoms with Crippen LogP contribution in [0, 0.1) is 13.8 Å². The van der Waals surface area contributed by atoms with Crippen LogP contribution in [0.1, 0.15) is 10.6 Å². The lowest BCUT2D eigenvalue weighted by atomic mass is 10.1. The molecule has 170 valence electrons. The van der Waals surface area contributed by atoms with Crippen LogP contribution in [-0.2, 0) is 11.3 Å². The van der Waals surface area contributed by atoms with Gasteiger partial charge in [0.05, 0.1) is 9.71 Å². The molecule has 0 bridgehead atoms. The van der Waals surface area contributed by atoms with E-state index in [0.717, 1.165) is 27.9 Å². The molecule has 0 atom stereocenters. The van der Waals surface area contributed by atoms with Crippen molar-refractivity contribution in [1.29, 1.82) is 0 Å². The third-order valence-corrected chi connectivity index (χ3v) is 5.57. The number of halogens is 3. The zero-order valence-electron chi connectivity index (χ0n) is 17.4. The Morgan fingerprint density at radius 1 is 1.09 bits per heavy atom. The largest absolute Gasteiger partial charge is 0.573 e. The van der Waals surface area contributed by atoms with E-state index in [2.05, 4.69) is 20.1 Å². The summed E-state index contributed by atoms with van der Waals surface area (Å²) in [4.78, 5) is 29.7. The first kappa shape index (κ1) is 22.5. The number of carbonyl (C=O) groups excluding carboxylic acids is 1. The van der Waals surface area contributed by atoms with Gasteiger partial charge >= 0.3 is 6.36 Å². The molecule has 0 unspecified atom stereocenters. The van der Waals surface area contributed by atoms with Crippen molar-refractivity contribution in [2.75, 3.05) is 5.32 Å². The predicted octanol–water partition coefficient (Wildman–Crippen LogP) is 4.67. The minimum absolute atomic E-state index is 0.226. The number of benzene rings is 2. The van der Waals surface area contributed by atoms with Crippen LogP contribution in [0.5, 0.6) is 5.75 Å². The molecule has 11 heteroatoms. The van der Waals surface area contributed by atoms with Crippen LogP contribution in [-0.4, -0.2) is 27.0 Å². The van der Waals surface area contributed by atoms with Gasteiger partial charge in [-0.25, -0.2) is 9.67 Å². The Kier molecular flexibility index (Phi) is 5.90. The van der Waals surface area contributed by atoms with Crippen molar-refractivity contribution >= 4 is 33.1 Å². The predicted molar refractivity (Wildman–Crippen MR) is 118 cm³/mol. The molecule has 4 aromatic rings. The summed E-state index contributed by atoms with van der Waals surface area (Å²) in [6, 6.07) is 12.3. The third-order valence-electron chi connectivity index (χ3n) is 4.60. The first-order valence-electron chi connectivity index (χ1n) is 9.70. The van der Waals surface area contributed by atoms with Gasteiger partial charge in [-0.2, -0.15) is 5.10 Å². The van der Waals surface area contributed by atoms with Crippen LogP contribution in [0.15, 0.2) is 53.3 Å². The fraction of sp³-hybridized carbons (Fsp3) is 0.182. The summed E-state index contributed by atoms with van der Waals surface area (Å²) in [5.74, 6) is -0.985. The van der Waals surface area contributed by atoms with Crippen molar-refractivity contribution in [3.63, 3.8) is 0 Å². The van der Waals surface area contributed by atoms with Crippen molar-refractivity contribution in [1.82, 2.24) is 14.8 Å². The quantitative estimate of drug-likeness (QED) is 0.454. The molecule has 2 aromatic heterocycles. The smallest absolute Gasteiger partial charge is 0.406 e. The van der Waals surface area contributed by atoms with Crippen molar-refractivity contribution in [3.05, 3.63) is 69.5 Å². The molecule has 0 aliphatic rings. The fourth-order valence-electron chi connectivity index (χ4n) is 3.15. The van der Waals surface area contributed by atoms with Crippen LogP contribution in [0.3, 0.4) is 0 Å². The number of hydrogen-bond acceptors (Lipinski definition) is 6. The van der Waals surface area contributed by atoms with E-state index in [1.54, 1.807) is 6.92 Å². The maximum absolute atomic E-state index is 12.9. The van der Waals surface area contributed by atoms with E-state index in [1.807, 2.05) is 31.2 Å². The molecule has 1 N–H and O–H groups in total. The minimum atomic E-state index is -4.81. The van der Waals surface area contributed by atoms with Crippen molar-refractivity contribution in [2.45, 2.75) is 26.8 Å². The van der Waals surface area contributed by atoms with Gasteiger partial charge in [-0.15, -0.1) is 24.5 Å². The summed E-state index contributed by atoms with van der Waals surface area (Å²) in [5, 5.41) is 7.65. The SMILES string of the molecule is Cc1ccc(-c2nn(CC(=O)Nc3ccc(OC(F)(F)F)cc3)c(=O)c3nc(C)sc23)cc1. The van der Waals surface area contributed by atoms with Gasteiger partial charge in [0.2, 0.25) is 5.91 Å². The number of amides is 1. The molecular formula is C22H17F3N4O3S. The summed E-state index contributed by atoms with van der Waals surface area (Å²) >= 11 is 1.35. The zero-order chi connectivity index (χ0) is 23.8. The number of thiazole rings is 1. The van der Waals surface area contributed by atoms with E-state index >= 15 is 0 Å². The second-order valence-electron chi connectivity index (χ2n) is 7.21. The van der Waals surface area contributed by atoms with Crippen LogP contribution in [0.2, 0.25) is 0 Å². The van der Waals surface area contributed by atoms with Gasteiger partial charge in [0, 0.05) is 11.3 Å². The molecule has 0 saturated heterocycles. The third kappa shape index (κ3) is 5.20. The molecule has 4 rings (SSSR count). The second-order valence-corrected chi connectivity index (χ2v) is 8.41. The highest BCUT2D eigenvalue weighted by Gasteiger charge is 2.31. The first-order valence-corrected chi connectivity index (χ1v) is 10.5. The van der Waals surface area contributed by atoms with E-state index in [-0.39, 0.29) is 11.2 Å². The molecule has 2 aromatic carbocycles. The number of alkyl halides is 3. The van der Waals surface area contributed by atoms with Crippen molar-refractivity contribution in [3.8, 4) is 17.0 Å². The van der Waals surface area contributed by atoms with Gasteiger partial charge in [0.15, 0.2) is 5.52 Å². The van der Waals surface area contributed by atoms with Crippen molar-refractivity contribution < 1.29 is 22.7 Å². The number of carbonyl (C=O) groups is 1. The highest BCUT2D eigenvalue weighted by molar-refractivity contribution is 7.19. The molecule has 0 fully saturated rings. The maximum atomic E-state index is 12.9. The number of aryl methyl sites for hydroxylation is 2. The lowest BCUT2D eigenvalue weighted by Crippen LogP contribution is -2.30. The van der Waals surface area contributed by atoms with E-state index in [4.69, 9.17) is 0 Å². The molecule has 0 aliphatic heterocycles. The lowest BCUT2D eigenvalue weighted by molar-refractivity contribution is -0.274. The normalized spacial score (nSPS) is 11.5. The van der Waals surface area contributed by atoms with E-state index in [0.29, 0.717) is 15.4 Å². The summed E-state index contributed by atoms with van der Waals surface area (Å²) in [5.41, 5.74) is 2.35. The average molecular weight is 474 g/mol. The van der Waals surface area contributed by atoms with Gasteiger partial charge in [-0.1, -0.05) is 29.8 Å². The standard InChI is InChI=1S/C22H17F3N4O3S/c1-12-3-5-14(6-4-12)18-20-19(26-13(2)33-20)21(31)29(28-18)11-17(30)27-15-7-9-16(10-8-15)32-22(23,24)25/h3-10H,11H2,1-2H3,(H,27,30). The molecular weight excluding hydrogens is 457 g/mol. The van der Waals surface area contributed by atoms with Gasteiger partial charge in [0.25, 0.3) is 5.56 Å². The Morgan fingerprint density at radius 2 is 1.76 bits per heavy atom. The van der Waals surface area contributed by atoms with Crippen LogP contribution >= 0.6 is 11.3 Å². The molecule has 0 aliphatic carbocycles. The molecule has 0 saturated carbocycles. The number of rotatable bonds is 5. The van der Waals surface area contributed by atoms with Gasteiger partial charge in [-0.05, 0) is 38.1 Å². The zero-order valence-corrected chi connectivity index (χ0v) is 18.3. The molecule has 7 nitrogen and oxygen atoms in total. The number of nitrogens with one attached hydrogen (secondary N) is 1. The van der Waals surface area contributed by atoms with Crippen molar-refractivity contribution in [2.24, 2.45) is 0 Å². The molecule has 33 heavy (non-hydrogen) atoms. The number of anilines is 1. The van der Waals surface area contributed by atoms with E-state index in [1.165, 1.54) is 23.5 Å². The molecule has 2 heterocycles. The molecule has 0 spiro atoms. The number of hydrogen-bond donors (Lipinski definition) is 1. The summed E-state index contributed by atoms with van der Waals surface area (Å²) in [7, 11) is 0. The van der Waals surface area contributed by atoms with Gasteiger partial charge in [-0.3, -0.25) is 9.59 Å². The highest BCUT2D eigenvalue weighted by Crippen LogP contribution is 2.29. The van der Waals surface area contributed by atoms with E-state index in [9.17, 15) is 22.8 Å². The van der Waals surface area contributed by atoms with Gasteiger partial charge in [0.1, 0.15) is 18.0 Å². The van der Waals surface area contributed by atoms with Crippen LogP contribution in [0.25, 0.3) is 21.5 Å². The Morgan fingerprint density at radius 3 is 2.39 bits per heavy atom. The number of aromatic nitrogens is 3. The van der Waals surface area contributed by atoms with Gasteiger partial charge < -0.3 is 10.1 Å². The summed E-state index contributed by atoms with van der Waals surface area (Å²) in [6.07, 6.45) is -4.81. The summed E-state index contributed by atoms with van der Waals surface area (Å²) in [6.45, 7) is 3.34. The number of nitrogens with zero attached hydrogens (tertiary/aromatic N) is 3.